The van der Waals surface area contributed by atoms with Crippen LogP contribution in [0.5, 0.6) is 11.5 Å². The summed E-state index contributed by atoms with van der Waals surface area (Å²) in [5.41, 5.74) is 1.53. The molecule has 1 heterocycles. The van der Waals surface area contributed by atoms with E-state index in [9.17, 15) is 9.50 Å². The maximum atomic E-state index is 13.1. The van der Waals surface area contributed by atoms with Gasteiger partial charge in [-0.05, 0) is 23.8 Å². The molecule has 4 nitrogen and oxygen atoms in total. The van der Waals surface area contributed by atoms with Crippen LogP contribution in [0.4, 0.5) is 4.39 Å². The first-order valence-corrected chi connectivity index (χ1v) is 7.26. The second-order valence-corrected chi connectivity index (χ2v) is 5.14. The van der Waals surface area contributed by atoms with Crippen molar-refractivity contribution in [1.29, 1.82) is 0 Å². The number of hydrogen-bond donors (Lipinski definition) is 2. The molecular weight excluding hydrogens is 285 g/mol. The highest BCUT2D eigenvalue weighted by molar-refractivity contribution is 5.47. The number of benzene rings is 2. The Kier molecular flexibility index (Phi) is 4.56. The molecule has 0 aliphatic carbocycles. The molecule has 22 heavy (non-hydrogen) atoms. The van der Waals surface area contributed by atoms with Crippen molar-refractivity contribution in [1.82, 2.24) is 5.32 Å². The van der Waals surface area contributed by atoms with Gasteiger partial charge in [-0.25, -0.2) is 4.39 Å². The number of fused-ring (bicyclic) bond motifs is 1. The largest absolute Gasteiger partial charge is 0.486 e. The fourth-order valence-corrected chi connectivity index (χ4v) is 2.45. The van der Waals surface area contributed by atoms with E-state index in [-0.39, 0.29) is 5.82 Å². The van der Waals surface area contributed by atoms with Crippen molar-refractivity contribution in [3.8, 4) is 11.5 Å². The number of rotatable bonds is 5. The van der Waals surface area contributed by atoms with Gasteiger partial charge in [-0.1, -0.05) is 24.3 Å². The van der Waals surface area contributed by atoms with E-state index in [1.165, 1.54) is 12.1 Å². The van der Waals surface area contributed by atoms with E-state index in [0.717, 1.165) is 17.1 Å². The first-order chi connectivity index (χ1) is 10.7. The number of nitrogens with one attached hydrogen (secondary N) is 1. The third kappa shape index (κ3) is 3.37. The fourth-order valence-electron chi connectivity index (χ4n) is 2.45. The Bertz CT molecular complexity index is 648. The summed E-state index contributed by atoms with van der Waals surface area (Å²) >= 11 is 0. The fraction of sp³-hybridized carbons (Fsp3) is 0.294. The standard InChI is InChI=1S/C17H18FNO3/c18-14-5-1-3-12(9-14)15(20)11-19-10-13-4-2-6-16-17(13)22-8-7-21-16/h1-6,9,15,19-20H,7-8,10-11H2/t15-/m0/s1. The molecule has 0 saturated carbocycles. The number of aliphatic hydroxyl groups excluding tert-OH is 1. The molecule has 0 radical (unpaired) electrons. The minimum absolute atomic E-state index is 0.327. The molecule has 0 unspecified atom stereocenters. The zero-order valence-electron chi connectivity index (χ0n) is 12.1. The molecule has 0 bridgehead atoms. The van der Waals surface area contributed by atoms with Gasteiger partial charge in [0.1, 0.15) is 19.0 Å². The Hall–Kier alpha value is -2.11. The van der Waals surface area contributed by atoms with Crippen LogP contribution in [-0.4, -0.2) is 24.9 Å². The average molecular weight is 303 g/mol. The summed E-state index contributed by atoms with van der Waals surface area (Å²) in [4.78, 5) is 0. The maximum absolute atomic E-state index is 13.1. The lowest BCUT2D eigenvalue weighted by molar-refractivity contribution is 0.166. The summed E-state index contributed by atoms with van der Waals surface area (Å²) in [6.07, 6.45) is -0.757. The number of ether oxygens (including phenoxy) is 2. The third-order valence-electron chi connectivity index (χ3n) is 3.53. The van der Waals surface area contributed by atoms with E-state index in [0.29, 0.717) is 31.9 Å². The van der Waals surface area contributed by atoms with Gasteiger partial charge in [0, 0.05) is 18.7 Å². The van der Waals surface area contributed by atoms with Crippen molar-refractivity contribution in [2.45, 2.75) is 12.6 Å². The van der Waals surface area contributed by atoms with Crippen molar-refractivity contribution >= 4 is 0 Å². The Morgan fingerprint density at radius 3 is 2.82 bits per heavy atom. The van der Waals surface area contributed by atoms with Crippen molar-refractivity contribution < 1.29 is 19.0 Å². The molecule has 3 rings (SSSR count). The van der Waals surface area contributed by atoms with Crippen LogP contribution in [0.15, 0.2) is 42.5 Å². The number of halogens is 1. The Morgan fingerprint density at radius 2 is 1.95 bits per heavy atom. The second kappa shape index (κ2) is 6.77. The number of para-hydroxylation sites is 1. The van der Waals surface area contributed by atoms with Crippen molar-refractivity contribution in [2.24, 2.45) is 0 Å². The lowest BCUT2D eigenvalue weighted by Crippen LogP contribution is -2.23. The van der Waals surface area contributed by atoms with Crippen molar-refractivity contribution in [3.63, 3.8) is 0 Å². The molecule has 0 fully saturated rings. The topological polar surface area (TPSA) is 50.7 Å². The Balaban J connectivity index is 1.59. The van der Waals surface area contributed by atoms with Gasteiger partial charge in [0.2, 0.25) is 0 Å². The molecule has 1 atom stereocenters. The molecular formula is C17H18FNO3. The highest BCUT2D eigenvalue weighted by atomic mass is 19.1. The molecule has 0 aromatic heterocycles. The summed E-state index contributed by atoms with van der Waals surface area (Å²) in [5.74, 6) is 1.15. The maximum Gasteiger partial charge on any atom is 0.165 e. The predicted molar refractivity (Wildman–Crippen MR) is 80.5 cm³/mol. The van der Waals surface area contributed by atoms with Crippen LogP contribution in [-0.2, 0) is 6.54 Å². The predicted octanol–water partition coefficient (Wildman–Crippen LogP) is 2.42. The summed E-state index contributed by atoms with van der Waals surface area (Å²) in [6.45, 7) is 1.96. The highest BCUT2D eigenvalue weighted by Gasteiger charge is 2.15. The van der Waals surface area contributed by atoms with Crippen LogP contribution < -0.4 is 14.8 Å². The number of hydrogen-bond acceptors (Lipinski definition) is 4. The van der Waals surface area contributed by atoms with E-state index >= 15 is 0 Å². The summed E-state index contributed by atoms with van der Waals surface area (Å²) in [5, 5.41) is 13.2. The minimum atomic E-state index is -0.757. The van der Waals surface area contributed by atoms with Crippen molar-refractivity contribution in [3.05, 3.63) is 59.4 Å². The van der Waals surface area contributed by atoms with Crippen LogP contribution in [0, 0.1) is 5.82 Å². The molecule has 2 N–H and O–H groups in total. The van der Waals surface area contributed by atoms with Crippen LogP contribution in [0.1, 0.15) is 17.2 Å². The highest BCUT2D eigenvalue weighted by Crippen LogP contribution is 2.33. The second-order valence-electron chi connectivity index (χ2n) is 5.14. The van der Waals surface area contributed by atoms with Gasteiger partial charge in [0.05, 0.1) is 6.10 Å². The summed E-state index contributed by atoms with van der Waals surface area (Å²) in [6, 6.07) is 11.7. The molecule has 0 saturated heterocycles. The SMILES string of the molecule is O[C@@H](CNCc1cccc2c1OCCO2)c1cccc(F)c1. The Labute approximate surface area is 128 Å². The lowest BCUT2D eigenvalue weighted by atomic mass is 10.1. The summed E-state index contributed by atoms with van der Waals surface area (Å²) in [7, 11) is 0. The molecule has 2 aromatic carbocycles. The first-order valence-electron chi connectivity index (χ1n) is 7.26. The van der Waals surface area contributed by atoms with Crippen LogP contribution in [0.3, 0.4) is 0 Å². The molecule has 1 aliphatic rings. The number of aliphatic hydroxyl groups is 1. The molecule has 0 amide bonds. The van der Waals surface area contributed by atoms with Crippen molar-refractivity contribution in [2.75, 3.05) is 19.8 Å². The molecule has 116 valence electrons. The molecule has 1 aliphatic heterocycles. The first kappa shape index (κ1) is 14.8. The normalized spacial score (nSPS) is 14.6. The van der Waals surface area contributed by atoms with Gasteiger partial charge in [-0.3, -0.25) is 0 Å². The molecule has 5 heteroatoms. The smallest absolute Gasteiger partial charge is 0.165 e. The Morgan fingerprint density at radius 1 is 1.14 bits per heavy atom. The zero-order chi connectivity index (χ0) is 15.4. The monoisotopic (exact) mass is 303 g/mol. The van der Waals surface area contributed by atoms with E-state index in [1.807, 2.05) is 18.2 Å². The van der Waals surface area contributed by atoms with Gasteiger partial charge in [-0.2, -0.15) is 0 Å². The van der Waals surface area contributed by atoms with Crippen LogP contribution in [0.25, 0.3) is 0 Å². The van der Waals surface area contributed by atoms with Gasteiger partial charge >= 0.3 is 0 Å². The zero-order valence-corrected chi connectivity index (χ0v) is 12.1. The average Bonchev–Trinajstić information content (AvgIpc) is 2.55. The van der Waals surface area contributed by atoms with E-state index in [1.54, 1.807) is 12.1 Å². The lowest BCUT2D eigenvalue weighted by Gasteiger charge is -2.21. The van der Waals surface area contributed by atoms with E-state index < -0.39 is 6.10 Å². The van der Waals surface area contributed by atoms with Gasteiger partial charge in [-0.15, -0.1) is 0 Å². The van der Waals surface area contributed by atoms with E-state index in [2.05, 4.69) is 5.32 Å². The quantitative estimate of drug-likeness (QED) is 0.890. The molecule has 0 spiro atoms. The minimum Gasteiger partial charge on any atom is -0.486 e. The molecule has 2 aromatic rings. The summed E-state index contributed by atoms with van der Waals surface area (Å²) < 4.78 is 24.3. The third-order valence-corrected chi connectivity index (χ3v) is 3.53. The van der Waals surface area contributed by atoms with Crippen LogP contribution >= 0.6 is 0 Å². The van der Waals surface area contributed by atoms with Gasteiger partial charge < -0.3 is 19.9 Å². The van der Waals surface area contributed by atoms with Crippen LogP contribution in [0.2, 0.25) is 0 Å². The van der Waals surface area contributed by atoms with Gasteiger partial charge in [0.25, 0.3) is 0 Å². The van der Waals surface area contributed by atoms with E-state index in [4.69, 9.17) is 9.47 Å². The van der Waals surface area contributed by atoms with Gasteiger partial charge in [0.15, 0.2) is 11.5 Å².